The van der Waals surface area contributed by atoms with Gasteiger partial charge in [0.05, 0.1) is 13.5 Å². The van der Waals surface area contributed by atoms with Gasteiger partial charge in [-0.1, -0.05) is 29.8 Å². The highest BCUT2D eigenvalue weighted by Gasteiger charge is 2.07. The van der Waals surface area contributed by atoms with Gasteiger partial charge in [0.2, 0.25) is 5.91 Å². The maximum atomic E-state index is 13.5. The van der Waals surface area contributed by atoms with Gasteiger partial charge in [-0.15, -0.1) is 0 Å². The van der Waals surface area contributed by atoms with Gasteiger partial charge in [0.25, 0.3) is 0 Å². The van der Waals surface area contributed by atoms with Crippen molar-refractivity contribution in [3.8, 4) is 5.75 Å². The molecule has 0 aliphatic heterocycles. The normalized spacial score (nSPS) is 10.3. The van der Waals surface area contributed by atoms with Gasteiger partial charge in [0, 0.05) is 11.6 Å². The quantitative estimate of drug-likeness (QED) is 0.885. The van der Waals surface area contributed by atoms with E-state index in [-0.39, 0.29) is 18.1 Å². The highest BCUT2D eigenvalue weighted by molar-refractivity contribution is 6.30. The molecule has 0 aromatic heterocycles. The first-order valence-corrected chi connectivity index (χ1v) is 7.30. The number of ether oxygens (including phenoxy) is 1. The molecule has 2 rings (SSSR count). The van der Waals surface area contributed by atoms with Crippen molar-refractivity contribution in [2.45, 2.75) is 12.8 Å². The van der Waals surface area contributed by atoms with E-state index in [1.54, 1.807) is 6.07 Å². The minimum atomic E-state index is -0.466. The minimum Gasteiger partial charge on any atom is -0.494 e. The molecule has 0 atom stereocenters. The summed E-state index contributed by atoms with van der Waals surface area (Å²) in [4.78, 5) is 11.8. The van der Waals surface area contributed by atoms with Crippen LogP contribution in [0.5, 0.6) is 5.75 Å². The number of carbonyl (C=O) groups is 1. The van der Waals surface area contributed by atoms with E-state index in [2.05, 4.69) is 5.32 Å². The summed E-state index contributed by atoms with van der Waals surface area (Å²) in [6, 6.07) is 12.0. The van der Waals surface area contributed by atoms with Gasteiger partial charge < -0.3 is 10.1 Å². The largest absolute Gasteiger partial charge is 0.494 e. The first-order valence-electron chi connectivity index (χ1n) is 6.92. The summed E-state index contributed by atoms with van der Waals surface area (Å²) in [6.45, 7) is 0.512. The van der Waals surface area contributed by atoms with Crippen molar-refractivity contribution in [2.75, 3.05) is 13.7 Å². The number of halogens is 2. The van der Waals surface area contributed by atoms with E-state index in [1.807, 2.05) is 24.3 Å². The lowest BCUT2D eigenvalue weighted by atomic mass is 10.1. The molecule has 0 spiro atoms. The topological polar surface area (TPSA) is 38.3 Å². The molecule has 5 heteroatoms. The van der Waals surface area contributed by atoms with E-state index >= 15 is 0 Å². The van der Waals surface area contributed by atoms with Gasteiger partial charge >= 0.3 is 0 Å². The lowest BCUT2D eigenvalue weighted by Gasteiger charge is -2.07. The van der Waals surface area contributed by atoms with Gasteiger partial charge in [-0.25, -0.2) is 4.39 Å². The first-order chi connectivity index (χ1) is 10.6. The second-order valence-corrected chi connectivity index (χ2v) is 5.31. The van der Waals surface area contributed by atoms with Crippen molar-refractivity contribution in [3.05, 3.63) is 64.4 Å². The highest BCUT2D eigenvalue weighted by atomic mass is 35.5. The number of rotatable bonds is 6. The van der Waals surface area contributed by atoms with Crippen molar-refractivity contribution in [1.29, 1.82) is 0 Å². The van der Waals surface area contributed by atoms with E-state index in [4.69, 9.17) is 16.3 Å². The van der Waals surface area contributed by atoms with Crippen molar-refractivity contribution in [3.63, 3.8) is 0 Å². The molecule has 1 amide bonds. The van der Waals surface area contributed by atoms with Crippen LogP contribution in [0.4, 0.5) is 4.39 Å². The van der Waals surface area contributed by atoms with Crippen LogP contribution in [0.2, 0.25) is 5.02 Å². The molecule has 0 bridgehead atoms. The minimum absolute atomic E-state index is 0.135. The molecule has 116 valence electrons. The summed E-state index contributed by atoms with van der Waals surface area (Å²) in [7, 11) is 1.40. The molecule has 2 aromatic carbocycles. The van der Waals surface area contributed by atoms with Crippen LogP contribution in [0.15, 0.2) is 42.5 Å². The number of nitrogens with one attached hydrogen (secondary N) is 1. The van der Waals surface area contributed by atoms with E-state index in [0.717, 1.165) is 5.56 Å². The molecule has 22 heavy (non-hydrogen) atoms. The second-order valence-electron chi connectivity index (χ2n) is 4.88. The third-order valence-corrected chi connectivity index (χ3v) is 3.44. The summed E-state index contributed by atoms with van der Waals surface area (Å²) in [5.41, 5.74) is 1.67. The van der Waals surface area contributed by atoms with Gasteiger partial charge in [-0.05, 0) is 41.8 Å². The first kappa shape index (κ1) is 16.3. The number of benzene rings is 2. The molecule has 0 radical (unpaired) electrons. The Labute approximate surface area is 134 Å². The van der Waals surface area contributed by atoms with Crippen LogP contribution < -0.4 is 10.1 Å². The lowest BCUT2D eigenvalue weighted by molar-refractivity contribution is -0.120. The van der Waals surface area contributed by atoms with E-state index in [0.29, 0.717) is 23.6 Å². The van der Waals surface area contributed by atoms with Crippen LogP contribution in [-0.2, 0) is 17.6 Å². The summed E-state index contributed by atoms with van der Waals surface area (Å²) >= 11 is 5.90. The molecule has 2 aromatic rings. The third-order valence-electron chi connectivity index (χ3n) is 3.21. The van der Waals surface area contributed by atoms with Crippen LogP contribution in [0.3, 0.4) is 0 Å². The summed E-state index contributed by atoms with van der Waals surface area (Å²) in [5.74, 6) is -0.441. The molecule has 0 aliphatic carbocycles. The van der Waals surface area contributed by atoms with Gasteiger partial charge in [0.1, 0.15) is 0 Å². The predicted octanol–water partition coefficient (Wildman–Crippen LogP) is 3.39. The average molecular weight is 322 g/mol. The standard InChI is InChI=1S/C17H17ClFNO2/c1-22-16-6-5-13(10-15(16)19)11-17(21)20-8-7-12-3-2-4-14(18)9-12/h2-6,9-10H,7-8,11H2,1H3,(H,20,21). The zero-order valence-electron chi connectivity index (χ0n) is 12.2. The maximum absolute atomic E-state index is 13.5. The SMILES string of the molecule is COc1ccc(CC(=O)NCCc2cccc(Cl)c2)cc1F. The molecule has 0 saturated heterocycles. The van der Waals surface area contributed by atoms with Crippen LogP contribution in [0.25, 0.3) is 0 Å². The van der Waals surface area contributed by atoms with E-state index in [1.165, 1.54) is 19.2 Å². The smallest absolute Gasteiger partial charge is 0.224 e. The molecule has 0 aliphatic rings. The number of amides is 1. The molecule has 0 heterocycles. The fourth-order valence-electron chi connectivity index (χ4n) is 2.11. The van der Waals surface area contributed by atoms with Crippen molar-refractivity contribution < 1.29 is 13.9 Å². The van der Waals surface area contributed by atoms with E-state index < -0.39 is 5.82 Å². The zero-order valence-corrected chi connectivity index (χ0v) is 13.0. The van der Waals surface area contributed by atoms with Gasteiger partial charge in [-0.3, -0.25) is 4.79 Å². The Morgan fingerprint density at radius 1 is 1.23 bits per heavy atom. The van der Waals surface area contributed by atoms with Gasteiger partial charge in [-0.2, -0.15) is 0 Å². The fourth-order valence-corrected chi connectivity index (χ4v) is 2.32. The summed E-state index contributed by atoms with van der Waals surface area (Å²) in [6.07, 6.45) is 0.833. The molecule has 3 nitrogen and oxygen atoms in total. The summed E-state index contributed by atoms with van der Waals surface area (Å²) < 4.78 is 18.4. The number of hydrogen-bond donors (Lipinski definition) is 1. The van der Waals surface area contributed by atoms with Gasteiger partial charge in [0.15, 0.2) is 11.6 Å². The Morgan fingerprint density at radius 2 is 2.05 bits per heavy atom. The Morgan fingerprint density at radius 3 is 2.73 bits per heavy atom. The molecule has 0 unspecified atom stereocenters. The zero-order chi connectivity index (χ0) is 15.9. The van der Waals surface area contributed by atoms with Crippen molar-refractivity contribution in [2.24, 2.45) is 0 Å². The molecular formula is C17H17ClFNO2. The number of carbonyl (C=O) groups excluding carboxylic acids is 1. The van der Waals surface area contributed by atoms with Crippen molar-refractivity contribution in [1.82, 2.24) is 5.32 Å². The van der Waals surface area contributed by atoms with Crippen LogP contribution in [0, 0.1) is 5.82 Å². The number of methoxy groups -OCH3 is 1. The predicted molar refractivity (Wildman–Crippen MR) is 84.8 cm³/mol. The maximum Gasteiger partial charge on any atom is 0.224 e. The Balaban J connectivity index is 1.82. The third kappa shape index (κ3) is 4.74. The molecular weight excluding hydrogens is 305 g/mol. The average Bonchev–Trinajstić information content (AvgIpc) is 2.47. The lowest BCUT2D eigenvalue weighted by Crippen LogP contribution is -2.27. The Hall–Kier alpha value is -2.07. The molecule has 0 saturated carbocycles. The summed E-state index contributed by atoms with van der Waals surface area (Å²) in [5, 5.41) is 3.49. The Kier molecular flexibility index (Phi) is 5.78. The molecule has 1 N–H and O–H groups in total. The number of hydrogen-bond acceptors (Lipinski definition) is 2. The fraction of sp³-hybridized carbons (Fsp3) is 0.235. The monoisotopic (exact) mass is 321 g/mol. The van der Waals surface area contributed by atoms with Crippen LogP contribution in [-0.4, -0.2) is 19.6 Å². The molecule has 0 fully saturated rings. The van der Waals surface area contributed by atoms with Crippen LogP contribution in [0.1, 0.15) is 11.1 Å². The van der Waals surface area contributed by atoms with Crippen molar-refractivity contribution >= 4 is 17.5 Å². The van der Waals surface area contributed by atoms with Crippen LogP contribution >= 0.6 is 11.6 Å². The highest BCUT2D eigenvalue weighted by Crippen LogP contribution is 2.17. The van der Waals surface area contributed by atoms with E-state index in [9.17, 15) is 9.18 Å². The second kappa shape index (κ2) is 7.80. The Bertz CT molecular complexity index is 661.